The summed E-state index contributed by atoms with van der Waals surface area (Å²) in [5.74, 6) is 0.243. The lowest BCUT2D eigenvalue weighted by Crippen LogP contribution is -2.41. The van der Waals surface area contributed by atoms with Gasteiger partial charge in [0.25, 0.3) is 5.56 Å². The third-order valence-corrected chi connectivity index (χ3v) is 5.28. The molecule has 0 saturated carbocycles. The van der Waals surface area contributed by atoms with Crippen LogP contribution in [0.3, 0.4) is 0 Å². The topological polar surface area (TPSA) is 122 Å². The third kappa shape index (κ3) is 6.06. The Morgan fingerprint density at radius 3 is 2.50 bits per heavy atom. The highest BCUT2D eigenvalue weighted by Crippen LogP contribution is 2.24. The molecular weight excluding hydrogens is 434 g/mol. The number of para-hydroxylation sites is 2. The number of hydrogen-bond donors (Lipinski definition) is 3. The zero-order chi connectivity index (χ0) is 24.5. The molecule has 0 saturated heterocycles. The lowest BCUT2D eigenvalue weighted by atomic mass is 10.2. The van der Waals surface area contributed by atoms with Crippen molar-refractivity contribution in [3.63, 3.8) is 0 Å². The fraction of sp³-hybridized carbons (Fsp3) is 0.320. The first-order chi connectivity index (χ1) is 16.4. The molecule has 0 aliphatic rings. The second-order valence-corrected chi connectivity index (χ2v) is 7.82. The fourth-order valence-corrected chi connectivity index (χ4v) is 3.65. The molecule has 0 aliphatic heterocycles. The fourth-order valence-electron chi connectivity index (χ4n) is 3.65. The largest absolute Gasteiger partial charge is 0.492 e. The Morgan fingerprint density at radius 1 is 1.09 bits per heavy atom. The Bertz CT molecular complexity index is 1220. The minimum atomic E-state index is -0.631. The number of nitrogens with two attached hydrogens (primary N) is 1. The molecule has 0 aliphatic carbocycles. The van der Waals surface area contributed by atoms with E-state index in [0.29, 0.717) is 24.6 Å². The van der Waals surface area contributed by atoms with Crippen LogP contribution in [0.25, 0.3) is 0 Å². The highest BCUT2D eigenvalue weighted by molar-refractivity contribution is 5.95. The molecule has 4 N–H and O–H groups in total. The number of anilines is 3. The molecule has 1 aromatic heterocycles. The van der Waals surface area contributed by atoms with Crippen molar-refractivity contribution in [1.82, 2.24) is 9.55 Å². The van der Waals surface area contributed by atoms with Crippen molar-refractivity contribution < 1.29 is 9.53 Å². The first-order valence-corrected chi connectivity index (χ1v) is 11.4. The number of H-pyrrole nitrogens is 1. The molecule has 9 heteroatoms. The summed E-state index contributed by atoms with van der Waals surface area (Å²) in [5.41, 5.74) is 6.64. The number of amides is 1. The Labute approximate surface area is 198 Å². The summed E-state index contributed by atoms with van der Waals surface area (Å²) in [5, 5.41) is 2.85. The maximum Gasteiger partial charge on any atom is 0.330 e. The molecule has 3 aromatic rings. The van der Waals surface area contributed by atoms with E-state index >= 15 is 0 Å². The molecule has 0 bridgehead atoms. The van der Waals surface area contributed by atoms with Crippen molar-refractivity contribution in [2.45, 2.75) is 39.8 Å². The van der Waals surface area contributed by atoms with Gasteiger partial charge in [-0.3, -0.25) is 19.1 Å². The van der Waals surface area contributed by atoms with Gasteiger partial charge in [-0.05, 0) is 31.0 Å². The molecule has 0 radical (unpaired) electrons. The summed E-state index contributed by atoms with van der Waals surface area (Å²) in [6.07, 6.45) is 1.58. The number of hydrogen-bond acceptors (Lipinski definition) is 6. The van der Waals surface area contributed by atoms with E-state index in [1.807, 2.05) is 50.2 Å². The number of carbonyl (C=O) groups is 1. The van der Waals surface area contributed by atoms with Gasteiger partial charge in [-0.15, -0.1) is 0 Å². The lowest BCUT2D eigenvalue weighted by molar-refractivity contribution is -0.115. The van der Waals surface area contributed by atoms with Gasteiger partial charge >= 0.3 is 5.69 Å². The summed E-state index contributed by atoms with van der Waals surface area (Å²) in [7, 11) is 0. The van der Waals surface area contributed by atoms with E-state index in [1.54, 1.807) is 23.1 Å². The van der Waals surface area contributed by atoms with Gasteiger partial charge in [-0.25, -0.2) is 4.79 Å². The monoisotopic (exact) mass is 465 g/mol. The number of rotatable bonds is 11. The minimum absolute atomic E-state index is 0.0423. The van der Waals surface area contributed by atoms with Crippen molar-refractivity contribution in [2.24, 2.45) is 0 Å². The number of nitrogen functional groups attached to an aromatic ring is 1. The quantitative estimate of drug-likeness (QED) is 0.400. The molecule has 3 rings (SSSR count). The summed E-state index contributed by atoms with van der Waals surface area (Å²) in [6, 6.07) is 16.6. The van der Waals surface area contributed by atoms with E-state index in [-0.39, 0.29) is 30.5 Å². The molecular formula is C25H31N5O4. The summed E-state index contributed by atoms with van der Waals surface area (Å²) in [6.45, 7) is 4.79. The van der Waals surface area contributed by atoms with Crippen LogP contribution in [0.5, 0.6) is 5.75 Å². The van der Waals surface area contributed by atoms with Crippen LogP contribution in [0.4, 0.5) is 17.2 Å². The predicted octanol–water partition coefficient (Wildman–Crippen LogP) is 2.96. The molecule has 34 heavy (non-hydrogen) atoms. The Morgan fingerprint density at radius 2 is 1.79 bits per heavy atom. The zero-order valence-corrected chi connectivity index (χ0v) is 19.5. The molecule has 2 aromatic carbocycles. The second-order valence-electron chi connectivity index (χ2n) is 7.82. The number of aromatic amines is 1. The Balaban J connectivity index is 1.96. The molecule has 0 spiro atoms. The van der Waals surface area contributed by atoms with Gasteiger partial charge in [0.2, 0.25) is 5.91 Å². The second kappa shape index (κ2) is 11.7. The van der Waals surface area contributed by atoms with E-state index in [4.69, 9.17) is 10.5 Å². The summed E-state index contributed by atoms with van der Waals surface area (Å²) >= 11 is 0. The van der Waals surface area contributed by atoms with Crippen molar-refractivity contribution >= 4 is 23.1 Å². The van der Waals surface area contributed by atoms with Crippen LogP contribution in [0.2, 0.25) is 0 Å². The highest BCUT2D eigenvalue weighted by atomic mass is 16.5. The zero-order valence-electron chi connectivity index (χ0n) is 19.5. The van der Waals surface area contributed by atoms with Gasteiger partial charge in [0.15, 0.2) is 0 Å². The number of nitrogens with zero attached hydrogens (tertiary/aromatic N) is 2. The maximum absolute atomic E-state index is 13.1. The molecule has 1 amide bonds. The molecule has 0 atom stereocenters. The Hall–Kier alpha value is -4.01. The predicted molar refractivity (Wildman–Crippen MR) is 134 cm³/mol. The number of benzene rings is 2. The van der Waals surface area contributed by atoms with Crippen LogP contribution in [0.1, 0.15) is 32.3 Å². The van der Waals surface area contributed by atoms with Crippen molar-refractivity contribution in [2.75, 3.05) is 29.1 Å². The van der Waals surface area contributed by atoms with Crippen LogP contribution in [0, 0.1) is 0 Å². The van der Waals surface area contributed by atoms with E-state index in [1.165, 1.54) is 4.57 Å². The van der Waals surface area contributed by atoms with Crippen LogP contribution in [-0.2, 0) is 17.9 Å². The molecule has 0 fully saturated rings. The average molecular weight is 466 g/mol. The summed E-state index contributed by atoms with van der Waals surface area (Å²) in [4.78, 5) is 42.2. The summed E-state index contributed by atoms with van der Waals surface area (Å²) < 4.78 is 6.93. The molecule has 9 nitrogen and oxygen atoms in total. The van der Waals surface area contributed by atoms with Gasteiger partial charge < -0.3 is 20.7 Å². The van der Waals surface area contributed by atoms with Crippen molar-refractivity contribution in [3.8, 4) is 5.75 Å². The minimum Gasteiger partial charge on any atom is -0.492 e. The van der Waals surface area contributed by atoms with Crippen LogP contribution >= 0.6 is 0 Å². The normalized spacial score (nSPS) is 10.6. The van der Waals surface area contributed by atoms with Crippen LogP contribution in [0.15, 0.2) is 64.2 Å². The number of nitrogens with one attached hydrogen (secondary N) is 2. The lowest BCUT2D eigenvalue weighted by Gasteiger charge is -2.26. The van der Waals surface area contributed by atoms with Crippen LogP contribution < -0.4 is 31.9 Å². The third-order valence-electron chi connectivity index (χ3n) is 5.28. The first kappa shape index (κ1) is 24.6. The van der Waals surface area contributed by atoms with Gasteiger partial charge in [0.05, 0.1) is 18.8 Å². The smallest absolute Gasteiger partial charge is 0.330 e. The number of carbonyl (C=O) groups excluding carboxylic acids is 1. The van der Waals surface area contributed by atoms with Gasteiger partial charge in [0.1, 0.15) is 17.3 Å². The molecule has 1 heterocycles. The average Bonchev–Trinajstić information content (AvgIpc) is 2.81. The molecule has 0 unspecified atom stereocenters. The van der Waals surface area contributed by atoms with E-state index < -0.39 is 11.2 Å². The van der Waals surface area contributed by atoms with Crippen molar-refractivity contribution in [1.29, 1.82) is 0 Å². The number of unbranched alkanes of at least 4 members (excludes halogenated alkanes) is 1. The van der Waals surface area contributed by atoms with Crippen LogP contribution in [-0.4, -0.2) is 28.6 Å². The van der Waals surface area contributed by atoms with Crippen molar-refractivity contribution in [3.05, 3.63) is 81.0 Å². The van der Waals surface area contributed by atoms with E-state index in [2.05, 4.69) is 10.3 Å². The van der Waals surface area contributed by atoms with E-state index in [9.17, 15) is 14.4 Å². The highest BCUT2D eigenvalue weighted by Gasteiger charge is 2.22. The van der Waals surface area contributed by atoms with Gasteiger partial charge in [-0.1, -0.05) is 55.8 Å². The Kier molecular flexibility index (Phi) is 8.50. The van der Waals surface area contributed by atoms with E-state index in [0.717, 1.165) is 18.4 Å². The number of aromatic nitrogens is 2. The first-order valence-electron chi connectivity index (χ1n) is 11.4. The number of ether oxygens (including phenoxy) is 1. The van der Waals surface area contributed by atoms with Gasteiger partial charge in [0, 0.05) is 13.1 Å². The SMILES string of the molecule is CCCCn1c(N)c(N(CC(=O)Nc2ccccc2OCC)Cc2ccccc2)c(=O)[nH]c1=O. The van der Waals surface area contributed by atoms with Gasteiger partial charge in [-0.2, -0.15) is 0 Å². The standard InChI is InChI=1S/C25H31N5O4/c1-3-5-15-30-23(26)22(24(32)28-25(30)33)29(16-18-11-7-6-8-12-18)17-21(31)27-19-13-9-10-14-20(19)34-4-2/h6-14H,3-5,15-17,26H2,1-2H3,(H,27,31)(H,28,32,33). The molecule has 180 valence electrons. The maximum atomic E-state index is 13.1.